The minimum absolute atomic E-state index is 0.0680. The second-order valence-corrected chi connectivity index (χ2v) is 8.69. The van der Waals surface area contributed by atoms with Gasteiger partial charge in [-0.1, -0.05) is 32.6 Å². The van der Waals surface area contributed by atoms with E-state index in [1.807, 2.05) is 0 Å². The molecular weight excluding hydrogens is 408 g/mol. The van der Waals surface area contributed by atoms with Crippen LogP contribution in [0.4, 0.5) is 0 Å². The second kappa shape index (κ2) is 12.5. The summed E-state index contributed by atoms with van der Waals surface area (Å²) in [5.74, 6) is -0.257. The highest BCUT2D eigenvalue weighted by atomic mass is 16.5. The Labute approximate surface area is 190 Å². The van der Waals surface area contributed by atoms with Gasteiger partial charge < -0.3 is 19.7 Å². The molecule has 32 heavy (non-hydrogen) atoms. The highest BCUT2D eigenvalue weighted by Crippen LogP contribution is 2.22. The van der Waals surface area contributed by atoms with Gasteiger partial charge in [-0.15, -0.1) is 0 Å². The summed E-state index contributed by atoms with van der Waals surface area (Å²) >= 11 is 0. The van der Waals surface area contributed by atoms with Crippen molar-refractivity contribution in [3.63, 3.8) is 0 Å². The van der Waals surface area contributed by atoms with Crippen molar-refractivity contribution in [3.05, 3.63) is 29.8 Å². The van der Waals surface area contributed by atoms with E-state index in [-0.39, 0.29) is 24.3 Å². The maximum Gasteiger partial charge on any atom is 0.308 e. The number of carbonyl (C=O) groups excluding carboxylic acids is 3. The van der Waals surface area contributed by atoms with Crippen LogP contribution in [-0.4, -0.2) is 54.5 Å². The molecule has 1 aliphatic carbocycles. The van der Waals surface area contributed by atoms with Crippen molar-refractivity contribution >= 4 is 17.8 Å². The van der Waals surface area contributed by atoms with Crippen LogP contribution in [-0.2, 0) is 14.3 Å². The average Bonchev–Trinajstić information content (AvgIpc) is 2.81. The van der Waals surface area contributed by atoms with Crippen LogP contribution in [0.25, 0.3) is 0 Å². The number of benzene rings is 1. The van der Waals surface area contributed by atoms with Crippen molar-refractivity contribution in [2.75, 3.05) is 19.7 Å². The van der Waals surface area contributed by atoms with E-state index in [0.717, 1.165) is 44.3 Å². The normalized spacial score (nSPS) is 19.3. The molecule has 0 radical (unpaired) electrons. The van der Waals surface area contributed by atoms with Gasteiger partial charge in [-0.2, -0.15) is 0 Å². The predicted octanol–water partition coefficient (Wildman–Crippen LogP) is 3.85. The Morgan fingerprint density at radius 2 is 1.81 bits per heavy atom. The van der Waals surface area contributed by atoms with Crippen LogP contribution in [0.5, 0.6) is 5.75 Å². The molecule has 3 rings (SSSR count). The van der Waals surface area contributed by atoms with Crippen LogP contribution in [0.1, 0.15) is 81.5 Å². The van der Waals surface area contributed by atoms with E-state index in [1.54, 1.807) is 24.3 Å². The van der Waals surface area contributed by atoms with E-state index >= 15 is 0 Å². The molecule has 2 fully saturated rings. The fourth-order valence-corrected chi connectivity index (χ4v) is 4.31. The van der Waals surface area contributed by atoms with Crippen LogP contribution < -0.4 is 10.1 Å². The molecule has 1 aliphatic heterocycles. The maximum absolute atomic E-state index is 13.1. The second-order valence-electron chi connectivity index (χ2n) is 8.69. The molecule has 176 valence electrons. The van der Waals surface area contributed by atoms with Crippen LogP contribution in [0.15, 0.2) is 24.3 Å². The van der Waals surface area contributed by atoms with E-state index in [4.69, 9.17) is 9.47 Å². The molecule has 7 heteroatoms. The number of esters is 1. The zero-order valence-corrected chi connectivity index (χ0v) is 19.1. The Morgan fingerprint density at radius 1 is 1.06 bits per heavy atom. The largest absolute Gasteiger partial charge is 0.494 e. The topological polar surface area (TPSA) is 84.9 Å². The molecule has 1 saturated heterocycles. The summed E-state index contributed by atoms with van der Waals surface area (Å²) in [6, 6.07) is 6.15. The number of hydrogen-bond donors (Lipinski definition) is 1. The molecule has 2 amide bonds. The Balaban J connectivity index is 1.56. The molecule has 0 bridgehead atoms. The lowest BCUT2D eigenvalue weighted by molar-refractivity contribution is -0.153. The molecule has 7 nitrogen and oxygen atoms in total. The Hall–Kier alpha value is -2.57. The highest BCUT2D eigenvalue weighted by Gasteiger charge is 2.36. The summed E-state index contributed by atoms with van der Waals surface area (Å²) < 4.78 is 11.3. The highest BCUT2D eigenvalue weighted by molar-refractivity contribution is 5.99. The number of unbranched alkanes of at least 4 members (excludes halogenated alkanes) is 3. The van der Waals surface area contributed by atoms with Gasteiger partial charge in [0.2, 0.25) is 5.91 Å². The molecule has 1 atom stereocenters. The molecule has 1 aromatic carbocycles. The summed E-state index contributed by atoms with van der Waals surface area (Å²) in [6.45, 7) is 3.57. The third-order valence-corrected chi connectivity index (χ3v) is 6.17. The third kappa shape index (κ3) is 6.97. The summed E-state index contributed by atoms with van der Waals surface area (Å²) in [5.41, 5.74) is 0.476. The van der Waals surface area contributed by atoms with Crippen molar-refractivity contribution < 1.29 is 23.9 Å². The summed E-state index contributed by atoms with van der Waals surface area (Å²) in [7, 11) is 0. The third-order valence-electron chi connectivity index (χ3n) is 6.17. The molecule has 1 unspecified atom stereocenters. The summed E-state index contributed by atoms with van der Waals surface area (Å²) in [5, 5.41) is 2.76. The summed E-state index contributed by atoms with van der Waals surface area (Å²) in [4.78, 5) is 39.6. The summed E-state index contributed by atoms with van der Waals surface area (Å²) in [6.07, 6.45) is 9.40. The van der Waals surface area contributed by atoms with Gasteiger partial charge >= 0.3 is 5.97 Å². The first-order valence-corrected chi connectivity index (χ1v) is 12.1. The smallest absolute Gasteiger partial charge is 0.308 e. The maximum atomic E-state index is 13.1. The molecule has 0 spiro atoms. The zero-order valence-electron chi connectivity index (χ0n) is 19.1. The van der Waals surface area contributed by atoms with Gasteiger partial charge in [0.1, 0.15) is 17.9 Å². The first-order valence-electron chi connectivity index (χ1n) is 12.1. The fraction of sp³-hybridized carbons (Fsp3) is 0.640. The van der Waals surface area contributed by atoms with Gasteiger partial charge in [0.05, 0.1) is 13.0 Å². The van der Waals surface area contributed by atoms with E-state index in [0.29, 0.717) is 25.3 Å². The van der Waals surface area contributed by atoms with Gasteiger partial charge in [0.25, 0.3) is 5.91 Å². The van der Waals surface area contributed by atoms with E-state index in [9.17, 15) is 14.4 Å². The number of amides is 2. The van der Waals surface area contributed by atoms with Crippen molar-refractivity contribution in [2.24, 2.45) is 0 Å². The van der Waals surface area contributed by atoms with Crippen LogP contribution >= 0.6 is 0 Å². The number of piperazine rings is 1. The van der Waals surface area contributed by atoms with Crippen molar-refractivity contribution in [2.45, 2.75) is 83.3 Å². The Bertz CT molecular complexity index is 758. The molecular formula is C25H36N2O5. The lowest BCUT2D eigenvalue weighted by atomic mass is 9.98. The number of carbonyl (C=O) groups is 3. The zero-order chi connectivity index (χ0) is 22.8. The number of nitrogens with zero attached hydrogens (tertiary/aromatic N) is 1. The van der Waals surface area contributed by atoms with Crippen LogP contribution in [0.2, 0.25) is 0 Å². The molecule has 0 aromatic heterocycles. The predicted molar refractivity (Wildman–Crippen MR) is 121 cm³/mol. The van der Waals surface area contributed by atoms with Gasteiger partial charge in [0.15, 0.2) is 0 Å². The average molecular weight is 445 g/mol. The monoisotopic (exact) mass is 444 g/mol. The Morgan fingerprint density at radius 3 is 2.53 bits per heavy atom. The number of ether oxygens (including phenoxy) is 2. The fourth-order valence-electron chi connectivity index (χ4n) is 4.31. The minimum Gasteiger partial charge on any atom is -0.494 e. The van der Waals surface area contributed by atoms with Gasteiger partial charge in [-0.05, 0) is 56.4 Å². The molecule has 1 aromatic rings. The standard InChI is InChI=1S/C25H36N2O5/c1-2-3-4-8-17-31-20-13-11-19(12-14-20)25(30)27-16-15-26-24(29)22(27)18-23(28)32-21-9-6-5-7-10-21/h11-14,21-22H,2-10,15-18H2,1H3,(H,26,29). The SMILES string of the molecule is CCCCCCOc1ccc(C(=O)N2CCNC(=O)C2CC(=O)OC2CCCCC2)cc1. The first kappa shape index (κ1) is 24.1. The number of nitrogens with one attached hydrogen (secondary N) is 1. The van der Waals surface area contributed by atoms with Crippen molar-refractivity contribution in [1.82, 2.24) is 10.2 Å². The van der Waals surface area contributed by atoms with E-state index in [2.05, 4.69) is 12.2 Å². The molecule has 2 aliphatic rings. The first-order chi connectivity index (χ1) is 15.6. The number of hydrogen-bond acceptors (Lipinski definition) is 5. The van der Waals surface area contributed by atoms with Crippen LogP contribution in [0.3, 0.4) is 0 Å². The Kier molecular flexibility index (Phi) is 9.38. The lowest BCUT2D eigenvalue weighted by Gasteiger charge is -2.35. The van der Waals surface area contributed by atoms with Crippen molar-refractivity contribution in [3.8, 4) is 5.75 Å². The van der Waals surface area contributed by atoms with Crippen molar-refractivity contribution in [1.29, 1.82) is 0 Å². The van der Waals surface area contributed by atoms with Gasteiger partial charge in [-0.25, -0.2) is 0 Å². The molecule has 1 heterocycles. The van der Waals surface area contributed by atoms with Gasteiger partial charge in [0, 0.05) is 18.7 Å². The van der Waals surface area contributed by atoms with Gasteiger partial charge in [-0.3, -0.25) is 14.4 Å². The molecule has 1 N–H and O–H groups in total. The quantitative estimate of drug-likeness (QED) is 0.438. The molecule has 1 saturated carbocycles. The van der Waals surface area contributed by atoms with E-state index < -0.39 is 12.0 Å². The minimum atomic E-state index is -0.846. The lowest BCUT2D eigenvalue weighted by Crippen LogP contribution is -2.58. The van der Waals surface area contributed by atoms with Crippen LogP contribution in [0, 0.1) is 0 Å². The van der Waals surface area contributed by atoms with E-state index in [1.165, 1.54) is 24.2 Å². The number of rotatable bonds is 10.